The Kier molecular flexibility index (Phi) is 16.6. The maximum atomic E-state index is 10.6. The van der Waals surface area contributed by atoms with Crippen LogP contribution >= 0.6 is 15.9 Å². The molecule has 0 aromatic heterocycles. The lowest BCUT2D eigenvalue weighted by molar-refractivity contribution is -0.0511. The Hall–Kier alpha value is -2.26. The first-order valence-electron chi connectivity index (χ1n) is 12.7. The molecule has 1 heterocycles. The summed E-state index contributed by atoms with van der Waals surface area (Å²) in [5.41, 5.74) is 2.45. The second-order valence-corrected chi connectivity index (χ2v) is 8.71. The smallest absolute Gasteiger partial charge is 0.126 e. The third kappa shape index (κ3) is 12.7. The normalized spacial score (nSPS) is 17.5. The first-order chi connectivity index (χ1) is 18.2. The van der Waals surface area contributed by atoms with E-state index in [1.54, 1.807) is 0 Å². The van der Waals surface area contributed by atoms with Gasteiger partial charge in [-0.1, -0.05) is 96.5 Å². The highest BCUT2D eigenvalue weighted by molar-refractivity contribution is 9.10. The number of aromatic hydroxyl groups is 1. The Bertz CT molecular complexity index is 928. The van der Waals surface area contributed by atoms with E-state index in [1.807, 2.05) is 92.7 Å². The SMILES string of the molecule is CC.Oc1c2cc(Br)cc1COC[C@H](c1ccccc1)OCCOCCOCCOC2.c1ccccc1. The van der Waals surface area contributed by atoms with E-state index in [9.17, 15) is 5.11 Å². The zero-order chi connectivity index (χ0) is 26.6. The molecule has 0 unspecified atom stereocenters. The zero-order valence-corrected chi connectivity index (χ0v) is 23.4. The van der Waals surface area contributed by atoms with E-state index >= 15 is 0 Å². The van der Waals surface area contributed by atoms with Crippen molar-refractivity contribution >= 4 is 15.9 Å². The van der Waals surface area contributed by atoms with Gasteiger partial charge < -0.3 is 28.8 Å². The van der Waals surface area contributed by atoms with Crippen LogP contribution in [0.15, 0.2) is 83.3 Å². The summed E-state index contributed by atoms with van der Waals surface area (Å²) in [7, 11) is 0. The molecule has 6 nitrogen and oxygen atoms in total. The molecule has 4 rings (SSSR count). The Morgan fingerprint density at radius 2 is 1.11 bits per heavy atom. The molecule has 1 aliphatic rings. The van der Waals surface area contributed by atoms with Crippen LogP contribution in [0.1, 0.15) is 36.6 Å². The lowest BCUT2D eigenvalue weighted by Crippen LogP contribution is -2.17. The van der Waals surface area contributed by atoms with Gasteiger partial charge >= 0.3 is 0 Å². The van der Waals surface area contributed by atoms with Crippen LogP contribution in [-0.2, 0) is 36.9 Å². The van der Waals surface area contributed by atoms with E-state index in [4.69, 9.17) is 23.7 Å². The minimum atomic E-state index is -0.216. The first kappa shape index (κ1) is 31.0. The lowest BCUT2D eigenvalue weighted by atomic mass is 10.1. The quantitative estimate of drug-likeness (QED) is 0.348. The molecule has 2 bridgehead atoms. The number of phenolic OH excluding ortho intramolecular Hbond substituents is 1. The van der Waals surface area contributed by atoms with Crippen molar-refractivity contribution in [1.29, 1.82) is 0 Å². The zero-order valence-electron chi connectivity index (χ0n) is 21.8. The summed E-state index contributed by atoms with van der Waals surface area (Å²) in [6.45, 7) is 7.80. The van der Waals surface area contributed by atoms with Gasteiger partial charge in [0.2, 0.25) is 0 Å². The highest BCUT2D eigenvalue weighted by atomic mass is 79.9. The van der Waals surface area contributed by atoms with Gasteiger partial charge in [0.15, 0.2) is 0 Å². The fourth-order valence-corrected chi connectivity index (χ4v) is 3.93. The molecule has 3 aromatic carbocycles. The average Bonchev–Trinajstić information content (AvgIpc) is 2.95. The van der Waals surface area contributed by atoms with E-state index < -0.39 is 0 Å². The van der Waals surface area contributed by atoms with Crippen LogP contribution in [0.3, 0.4) is 0 Å². The summed E-state index contributed by atoms with van der Waals surface area (Å²) < 4.78 is 29.5. The Balaban J connectivity index is 0.000000519. The van der Waals surface area contributed by atoms with Crippen LogP contribution in [0, 0.1) is 0 Å². The summed E-state index contributed by atoms with van der Waals surface area (Å²) in [4.78, 5) is 0. The van der Waals surface area contributed by atoms with E-state index in [0.717, 1.165) is 10.0 Å². The van der Waals surface area contributed by atoms with Crippen molar-refractivity contribution in [2.24, 2.45) is 0 Å². The molecule has 0 spiro atoms. The van der Waals surface area contributed by atoms with Crippen molar-refractivity contribution < 1.29 is 28.8 Å². The molecule has 1 aliphatic heterocycles. The third-order valence-electron chi connectivity index (χ3n) is 5.15. The fraction of sp³-hybridized carbons (Fsp3) is 0.400. The van der Waals surface area contributed by atoms with Crippen LogP contribution < -0.4 is 0 Å². The number of rotatable bonds is 1. The second kappa shape index (κ2) is 19.8. The van der Waals surface area contributed by atoms with Crippen molar-refractivity contribution in [3.8, 4) is 5.75 Å². The molecular formula is C30H39BrO6. The summed E-state index contributed by atoms with van der Waals surface area (Å²) in [6.07, 6.45) is -0.216. The van der Waals surface area contributed by atoms with E-state index in [1.165, 1.54) is 0 Å². The molecule has 0 saturated heterocycles. The van der Waals surface area contributed by atoms with Gasteiger partial charge in [0.1, 0.15) is 11.9 Å². The predicted molar refractivity (Wildman–Crippen MR) is 150 cm³/mol. The van der Waals surface area contributed by atoms with Gasteiger partial charge in [0, 0.05) is 15.6 Å². The Morgan fingerprint density at radius 1 is 0.649 bits per heavy atom. The van der Waals surface area contributed by atoms with Crippen molar-refractivity contribution in [2.45, 2.75) is 33.2 Å². The van der Waals surface area contributed by atoms with Gasteiger partial charge in [0.05, 0.1) is 59.5 Å². The van der Waals surface area contributed by atoms with Crippen molar-refractivity contribution in [3.63, 3.8) is 0 Å². The van der Waals surface area contributed by atoms with Gasteiger partial charge in [-0.15, -0.1) is 0 Å². The van der Waals surface area contributed by atoms with Crippen molar-refractivity contribution in [3.05, 3.63) is 100 Å². The number of phenols is 1. The fourth-order valence-electron chi connectivity index (χ4n) is 3.38. The molecule has 0 amide bonds. The molecule has 0 saturated carbocycles. The molecule has 0 aliphatic carbocycles. The first-order valence-corrected chi connectivity index (χ1v) is 13.5. The maximum Gasteiger partial charge on any atom is 0.126 e. The van der Waals surface area contributed by atoms with Crippen LogP contribution in [0.5, 0.6) is 5.75 Å². The van der Waals surface area contributed by atoms with Gasteiger partial charge in [-0.3, -0.25) is 0 Å². The van der Waals surface area contributed by atoms with Crippen LogP contribution in [0.25, 0.3) is 0 Å². The van der Waals surface area contributed by atoms with Gasteiger partial charge in [-0.05, 0) is 17.7 Å². The summed E-state index contributed by atoms with van der Waals surface area (Å²) >= 11 is 3.49. The van der Waals surface area contributed by atoms with Gasteiger partial charge in [-0.2, -0.15) is 0 Å². The largest absolute Gasteiger partial charge is 0.507 e. The second-order valence-electron chi connectivity index (χ2n) is 7.79. The van der Waals surface area contributed by atoms with Gasteiger partial charge in [0.25, 0.3) is 0 Å². The minimum absolute atomic E-state index is 0.195. The molecule has 37 heavy (non-hydrogen) atoms. The number of halogens is 1. The number of fused-ring (bicyclic) bond motifs is 2. The molecule has 1 N–H and O–H groups in total. The number of hydrogen-bond donors (Lipinski definition) is 1. The lowest BCUT2D eigenvalue weighted by Gasteiger charge is -2.19. The molecule has 1 atom stereocenters. The molecule has 0 fully saturated rings. The van der Waals surface area contributed by atoms with Crippen molar-refractivity contribution in [2.75, 3.05) is 46.2 Å². The summed E-state index contributed by atoms with van der Waals surface area (Å²) in [5.74, 6) is 0.195. The highest BCUT2D eigenvalue weighted by Gasteiger charge is 2.15. The standard InChI is InChI=1S/C22H27BrO6.C6H6.C2H6/c23-20-12-18-14-27-9-8-25-6-7-26-10-11-29-21(17-4-2-1-3-5-17)16-28-15-19(13-20)22(18)24;1-2-4-6-5-3-1;1-2/h1-5,12-13,21,24H,6-11,14-16H2;1-6H;1-2H3/t21-;;/m1../s1. The molecule has 7 heteroatoms. The maximum absolute atomic E-state index is 10.6. The van der Waals surface area contributed by atoms with Crippen LogP contribution in [0.2, 0.25) is 0 Å². The van der Waals surface area contributed by atoms with E-state index in [-0.39, 0.29) is 18.5 Å². The van der Waals surface area contributed by atoms with Gasteiger partial charge in [-0.25, -0.2) is 0 Å². The van der Waals surface area contributed by atoms with Crippen molar-refractivity contribution in [1.82, 2.24) is 0 Å². The monoisotopic (exact) mass is 574 g/mol. The van der Waals surface area contributed by atoms with E-state index in [0.29, 0.717) is 64.0 Å². The highest BCUT2D eigenvalue weighted by Crippen LogP contribution is 2.29. The van der Waals surface area contributed by atoms with Crippen LogP contribution in [-0.4, -0.2) is 51.4 Å². The summed E-state index contributed by atoms with van der Waals surface area (Å²) in [5, 5.41) is 10.6. The molecule has 0 radical (unpaired) electrons. The molecular weight excluding hydrogens is 536 g/mol. The summed E-state index contributed by atoms with van der Waals surface area (Å²) in [6, 6.07) is 25.7. The minimum Gasteiger partial charge on any atom is -0.507 e. The number of ether oxygens (including phenoxy) is 5. The topological polar surface area (TPSA) is 66.4 Å². The van der Waals surface area contributed by atoms with E-state index in [2.05, 4.69) is 15.9 Å². The Morgan fingerprint density at radius 3 is 1.68 bits per heavy atom. The number of benzene rings is 3. The Labute approximate surface area is 229 Å². The number of hydrogen-bond acceptors (Lipinski definition) is 6. The van der Waals surface area contributed by atoms with Crippen LogP contribution in [0.4, 0.5) is 0 Å². The predicted octanol–water partition coefficient (Wildman–Crippen LogP) is 6.71. The average molecular weight is 576 g/mol. The molecule has 202 valence electrons. The molecule has 3 aromatic rings. The third-order valence-corrected chi connectivity index (χ3v) is 5.60.